The van der Waals surface area contributed by atoms with Gasteiger partial charge in [0.25, 0.3) is 0 Å². The third-order valence-corrected chi connectivity index (χ3v) is 1.17. The average molecular weight is 292 g/mol. The molecular formula is C11H12F3Zr-3. The van der Waals surface area contributed by atoms with Crippen LogP contribution in [0.1, 0.15) is 15.7 Å². The van der Waals surface area contributed by atoms with Crippen LogP contribution in [-0.2, 0) is 26.2 Å². The SMILES string of the molecule is F[C-](F)F.[C-]1=CC=CC1.[C-]1=CC=CC1.[H-].[H-].[Zr+2]. The van der Waals surface area contributed by atoms with Gasteiger partial charge in [0.2, 0.25) is 0 Å². The minimum atomic E-state index is -3.08. The summed E-state index contributed by atoms with van der Waals surface area (Å²) in [5.41, 5.74) is 0. The summed E-state index contributed by atoms with van der Waals surface area (Å²) in [5.74, 6) is 0. The maximum Gasteiger partial charge on any atom is 2.00 e. The first-order chi connectivity index (χ1) is 6.73. The van der Waals surface area contributed by atoms with Crippen LogP contribution in [0.3, 0.4) is 0 Å². The smallest absolute Gasteiger partial charge is 1.00 e. The molecule has 0 heterocycles. The molecule has 0 bridgehead atoms. The first kappa shape index (κ1) is 17.0. The van der Waals surface area contributed by atoms with Crippen LogP contribution in [-0.4, -0.2) is 0 Å². The van der Waals surface area contributed by atoms with Crippen LogP contribution >= 0.6 is 0 Å². The molecule has 4 heteroatoms. The first-order valence-corrected chi connectivity index (χ1v) is 4.00. The Morgan fingerprint density at radius 3 is 1.33 bits per heavy atom. The van der Waals surface area contributed by atoms with Crippen molar-refractivity contribution in [2.24, 2.45) is 0 Å². The molecule has 0 saturated carbocycles. The van der Waals surface area contributed by atoms with Gasteiger partial charge in [0.1, 0.15) is 0 Å². The molecule has 2 aliphatic carbocycles. The van der Waals surface area contributed by atoms with E-state index >= 15 is 0 Å². The minimum absolute atomic E-state index is 0. The second kappa shape index (κ2) is 13.6. The van der Waals surface area contributed by atoms with Crippen molar-refractivity contribution < 1.29 is 42.2 Å². The quantitative estimate of drug-likeness (QED) is 0.588. The van der Waals surface area contributed by atoms with E-state index in [1.54, 1.807) is 0 Å². The maximum atomic E-state index is 9.58. The Bertz CT molecular complexity index is 194. The van der Waals surface area contributed by atoms with E-state index in [0.29, 0.717) is 0 Å². The molecule has 0 saturated heterocycles. The van der Waals surface area contributed by atoms with Crippen molar-refractivity contribution in [1.29, 1.82) is 0 Å². The van der Waals surface area contributed by atoms with Crippen LogP contribution in [0.4, 0.5) is 13.2 Å². The summed E-state index contributed by atoms with van der Waals surface area (Å²) >= 11 is 0. The molecule has 0 unspecified atom stereocenters. The Morgan fingerprint density at radius 2 is 1.27 bits per heavy atom. The van der Waals surface area contributed by atoms with Crippen molar-refractivity contribution in [2.45, 2.75) is 12.8 Å². The fourth-order valence-electron chi connectivity index (χ4n) is 0.680. The van der Waals surface area contributed by atoms with E-state index in [4.69, 9.17) is 0 Å². The normalized spacial score (nSPS) is 14.1. The molecule has 0 nitrogen and oxygen atoms in total. The van der Waals surface area contributed by atoms with Gasteiger partial charge in [-0.2, -0.15) is 12.2 Å². The Balaban J connectivity index is -0.0000000692. The van der Waals surface area contributed by atoms with E-state index in [0.717, 1.165) is 12.8 Å². The van der Waals surface area contributed by atoms with Gasteiger partial charge in [-0.1, -0.05) is 0 Å². The van der Waals surface area contributed by atoms with Gasteiger partial charge in [-0.3, -0.25) is 12.2 Å². The molecule has 0 aromatic rings. The minimum Gasteiger partial charge on any atom is -1.00 e. The Labute approximate surface area is 110 Å². The molecule has 0 spiro atoms. The van der Waals surface area contributed by atoms with Crippen LogP contribution in [0, 0.1) is 18.8 Å². The van der Waals surface area contributed by atoms with Gasteiger partial charge >= 0.3 is 26.2 Å². The molecular weight excluding hydrogens is 280 g/mol. The second-order valence-corrected chi connectivity index (χ2v) is 2.22. The number of hydrogen-bond acceptors (Lipinski definition) is 0. The zero-order valence-electron chi connectivity index (χ0n) is 10.0. The largest absolute Gasteiger partial charge is 2.00 e. The van der Waals surface area contributed by atoms with Crippen LogP contribution in [0.5, 0.6) is 0 Å². The summed E-state index contributed by atoms with van der Waals surface area (Å²) in [5, 5.41) is 0. The summed E-state index contributed by atoms with van der Waals surface area (Å²) in [6.45, 7) is -3.08. The number of hydrogen-bond donors (Lipinski definition) is 0. The number of allylic oxidation sites excluding steroid dienone is 8. The predicted octanol–water partition coefficient (Wildman–Crippen LogP) is 4.18. The van der Waals surface area contributed by atoms with Gasteiger partial charge in [-0.05, 0) is 0 Å². The van der Waals surface area contributed by atoms with Crippen LogP contribution in [0.25, 0.3) is 0 Å². The first-order valence-electron chi connectivity index (χ1n) is 4.00. The van der Waals surface area contributed by atoms with Crippen molar-refractivity contribution in [3.63, 3.8) is 0 Å². The fraction of sp³-hybridized carbons (Fsp3) is 0.182. The molecule has 0 aliphatic heterocycles. The van der Waals surface area contributed by atoms with Crippen LogP contribution in [0.15, 0.2) is 36.5 Å². The molecule has 0 N–H and O–H groups in total. The topological polar surface area (TPSA) is 0 Å². The summed E-state index contributed by atoms with van der Waals surface area (Å²) in [7, 11) is 0. The van der Waals surface area contributed by atoms with Crippen molar-refractivity contribution in [2.75, 3.05) is 0 Å². The molecule has 15 heavy (non-hydrogen) atoms. The van der Waals surface area contributed by atoms with Gasteiger partial charge in [-0.25, -0.2) is 24.3 Å². The number of halogens is 3. The monoisotopic (exact) mass is 291 g/mol. The van der Waals surface area contributed by atoms with E-state index in [2.05, 4.69) is 24.3 Å². The molecule has 2 rings (SSSR count). The molecule has 0 fully saturated rings. The standard InChI is InChI=1S/2C5H5.CF3.Zr.2H/c2*1-2-4-5-3-1;2-1(3)4;;;/h2*1-3H,4H2;;;;/q3*-1;+2;2*-1. The average Bonchev–Trinajstić information content (AvgIpc) is 2.83. The van der Waals surface area contributed by atoms with Crippen LogP contribution in [0.2, 0.25) is 0 Å². The molecule has 0 atom stereocenters. The van der Waals surface area contributed by atoms with E-state index in [9.17, 15) is 13.2 Å². The zero-order valence-corrected chi connectivity index (χ0v) is 10.5. The molecule has 84 valence electrons. The van der Waals surface area contributed by atoms with Crippen molar-refractivity contribution >= 4 is 0 Å². The third-order valence-electron chi connectivity index (χ3n) is 1.17. The second-order valence-electron chi connectivity index (χ2n) is 2.22. The summed E-state index contributed by atoms with van der Waals surface area (Å²) in [4.78, 5) is 0. The van der Waals surface area contributed by atoms with E-state index < -0.39 is 6.68 Å². The van der Waals surface area contributed by atoms with Gasteiger partial charge in [-0.15, -0.1) is 12.8 Å². The Kier molecular flexibility index (Phi) is 15.5. The van der Waals surface area contributed by atoms with E-state index in [1.807, 2.05) is 24.3 Å². The molecule has 0 aromatic carbocycles. The maximum absolute atomic E-state index is 9.58. The molecule has 0 amide bonds. The Hall–Kier alpha value is -0.367. The van der Waals surface area contributed by atoms with E-state index in [1.165, 1.54) is 0 Å². The van der Waals surface area contributed by atoms with Crippen molar-refractivity contribution in [3.05, 3.63) is 55.3 Å². The zero-order chi connectivity index (χ0) is 10.6. The predicted molar refractivity (Wildman–Crippen MR) is 51.9 cm³/mol. The van der Waals surface area contributed by atoms with Gasteiger partial charge < -0.3 is 16.0 Å². The summed E-state index contributed by atoms with van der Waals surface area (Å²) in [6, 6.07) is 0. The Morgan fingerprint density at radius 1 is 0.933 bits per heavy atom. The summed E-state index contributed by atoms with van der Waals surface area (Å²) in [6.07, 6.45) is 20.0. The van der Waals surface area contributed by atoms with Gasteiger partial charge in [0.05, 0.1) is 0 Å². The van der Waals surface area contributed by atoms with Crippen molar-refractivity contribution in [3.8, 4) is 0 Å². The summed E-state index contributed by atoms with van der Waals surface area (Å²) < 4.78 is 28.8. The molecule has 2 aliphatic rings. The van der Waals surface area contributed by atoms with Gasteiger partial charge in [0.15, 0.2) is 6.68 Å². The number of rotatable bonds is 0. The molecule has 0 radical (unpaired) electrons. The fourth-order valence-corrected chi connectivity index (χ4v) is 0.680. The van der Waals surface area contributed by atoms with Crippen molar-refractivity contribution in [1.82, 2.24) is 0 Å². The van der Waals surface area contributed by atoms with E-state index in [-0.39, 0.29) is 29.1 Å². The molecule has 0 aromatic heterocycles. The van der Waals surface area contributed by atoms with Gasteiger partial charge in [0, 0.05) is 0 Å². The third kappa shape index (κ3) is 19.9. The van der Waals surface area contributed by atoms with Crippen LogP contribution < -0.4 is 0 Å².